The maximum absolute atomic E-state index is 12.4. The van der Waals surface area contributed by atoms with Crippen LogP contribution in [-0.2, 0) is 6.42 Å². The fourth-order valence-electron chi connectivity index (χ4n) is 2.19. The predicted molar refractivity (Wildman–Crippen MR) is 67.4 cm³/mol. The van der Waals surface area contributed by atoms with Gasteiger partial charge in [0, 0.05) is 25.9 Å². The third kappa shape index (κ3) is 2.18. The molecule has 0 aromatic heterocycles. The van der Waals surface area contributed by atoms with Gasteiger partial charge in [-0.1, -0.05) is 12.1 Å². The fourth-order valence-corrected chi connectivity index (χ4v) is 2.19. The van der Waals surface area contributed by atoms with Gasteiger partial charge in [0.25, 0.3) is 0 Å². The summed E-state index contributed by atoms with van der Waals surface area (Å²) in [4.78, 5) is 14.3. The van der Waals surface area contributed by atoms with Crippen molar-refractivity contribution in [1.29, 1.82) is 0 Å². The third-order valence-electron chi connectivity index (χ3n) is 2.93. The highest BCUT2D eigenvalue weighted by atomic mass is 16.5. The Labute approximate surface area is 102 Å². The van der Waals surface area contributed by atoms with Gasteiger partial charge in [-0.15, -0.1) is 0 Å². The molecule has 0 bridgehead atoms. The van der Waals surface area contributed by atoms with Crippen LogP contribution in [0.5, 0.6) is 5.75 Å². The first-order valence-electron chi connectivity index (χ1n) is 5.71. The maximum atomic E-state index is 12.4. The monoisotopic (exact) mass is 231 g/mol. The van der Waals surface area contributed by atoms with Gasteiger partial charge in [-0.25, -0.2) is 0 Å². The number of methoxy groups -OCH3 is 1. The number of ether oxygens (including phenoxy) is 1. The number of Topliss-reactive ketones (excluding diaryl/α,β-unsaturated/α-hetero) is 1. The second-order valence-electron chi connectivity index (χ2n) is 4.44. The molecule has 0 saturated heterocycles. The highest BCUT2D eigenvalue weighted by molar-refractivity contribution is 6.12. The summed E-state index contributed by atoms with van der Waals surface area (Å²) in [5, 5.41) is 0. The smallest absolute Gasteiger partial charge is 0.194 e. The van der Waals surface area contributed by atoms with Crippen LogP contribution < -0.4 is 4.74 Å². The number of ketones is 1. The van der Waals surface area contributed by atoms with E-state index in [2.05, 4.69) is 0 Å². The number of fused-ring (bicyclic) bond motifs is 1. The molecule has 3 heteroatoms. The molecular weight excluding hydrogens is 214 g/mol. The lowest BCUT2D eigenvalue weighted by Gasteiger charge is -2.20. The van der Waals surface area contributed by atoms with Gasteiger partial charge >= 0.3 is 0 Å². The van der Waals surface area contributed by atoms with Gasteiger partial charge in [-0.2, -0.15) is 0 Å². The lowest BCUT2D eigenvalue weighted by Crippen LogP contribution is -2.17. The van der Waals surface area contributed by atoms with Crippen LogP contribution in [0.15, 0.2) is 30.0 Å². The Bertz CT molecular complexity index is 461. The minimum Gasteiger partial charge on any atom is -0.496 e. The minimum atomic E-state index is 0.0948. The molecule has 0 heterocycles. The van der Waals surface area contributed by atoms with Gasteiger partial charge in [0.15, 0.2) is 5.78 Å². The van der Waals surface area contributed by atoms with Gasteiger partial charge in [0.1, 0.15) is 5.75 Å². The molecule has 1 aromatic rings. The summed E-state index contributed by atoms with van der Waals surface area (Å²) in [5.41, 5.74) is 2.67. The van der Waals surface area contributed by atoms with E-state index in [9.17, 15) is 4.79 Å². The average Bonchev–Trinajstić information content (AvgIpc) is 2.31. The van der Waals surface area contributed by atoms with Gasteiger partial charge in [0.05, 0.1) is 12.7 Å². The Morgan fingerprint density at radius 2 is 2.06 bits per heavy atom. The maximum Gasteiger partial charge on any atom is 0.194 e. The Morgan fingerprint density at radius 1 is 1.29 bits per heavy atom. The van der Waals surface area contributed by atoms with Crippen molar-refractivity contribution in [3.05, 3.63) is 41.1 Å². The van der Waals surface area contributed by atoms with E-state index in [1.54, 1.807) is 7.11 Å². The molecule has 1 aromatic carbocycles. The summed E-state index contributed by atoms with van der Waals surface area (Å²) in [6.45, 7) is 0. The van der Waals surface area contributed by atoms with E-state index in [1.165, 1.54) is 0 Å². The van der Waals surface area contributed by atoms with Crippen molar-refractivity contribution >= 4 is 5.78 Å². The van der Waals surface area contributed by atoms with E-state index in [4.69, 9.17) is 4.74 Å². The van der Waals surface area contributed by atoms with Crippen molar-refractivity contribution in [2.45, 2.75) is 12.8 Å². The van der Waals surface area contributed by atoms with Crippen molar-refractivity contribution in [1.82, 2.24) is 4.90 Å². The largest absolute Gasteiger partial charge is 0.496 e. The molecule has 3 nitrogen and oxygen atoms in total. The lowest BCUT2D eigenvalue weighted by molar-refractivity contribution is 0.102. The van der Waals surface area contributed by atoms with E-state index in [0.29, 0.717) is 5.75 Å². The number of aryl methyl sites for hydroxylation is 1. The molecule has 90 valence electrons. The third-order valence-corrected chi connectivity index (χ3v) is 2.93. The van der Waals surface area contributed by atoms with Crippen LogP contribution in [0.2, 0.25) is 0 Å². The zero-order valence-corrected chi connectivity index (χ0v) is 10.5. The van der Waals surface area contributed by atoms with Gasteiger partial charge in [-0.05, 0) is 24.5 Å². The van der Waals surface area contributed by atoms with Crippen LogP contribution >= 0.6 is 0 Å². The molecule has 0 saturated carbocycles. The normalized spacial score (nSPS) is 16.9. The Hall–Kier alpha value is -1.77. The van der Waals surface area contributed by atoms with Crippen molar-refractivity contribution in [3.8, 4) is 5.75 Å². The summed E-state index contributed by atoms with van der Waals surface area (Å²) < 4.78 is 5.27. The van der Waals surface area contributed by atoms with E-state index in [-0.39, 0.29) is 5.78 Å². The van der Waals surface area contributed by atoms with Crippen molar-refractivity contribution in [2.24, 2.45) is 0 Å². The molecule has 0 spiro atoms. The minimum absolute atomic E-state index is 0.0948. The molecule has 0 unspecified atom stereocenters. The summed E-state index contributed by atoms with van der Waals surface area (Å²) in [6.07, 6.45) is 3.60. The summed E-state index contributed by atoms with van der Waals surface area (Å²) in [6, 6.07) is 5.78. The predicted octanol–water partition coefficient (Wildman–Crippen LogP) is 2.27. The van der Waals surface area contributed by atoms with Gasteiger partial charge < -0.3 is 9.64 Å². The van der Waals surface area contributed by atoms with Gasteiger partial charge in [-0.3, -0.25) is 4.79 Å². The molecule has 0 aliphatic heterocycles. The van der Waals surface area contributed by atoms with Crippen LogP contribution in [0.4, 0.5) is 0 Å². The molecule has 0 N–H and O–H groups in total. The number of carbonyl (C=O) groups excluding carboxylic acids is 1. The topological polar surface area (TPSA) is 29.5 Å². The second kappa shape index (κ2) is 4.62. The number of nitrogens with zero attached hydrogens (tertiary/aromatic N) is 1. The lowest BCUT2D eigenvalue weighted by atomic mass is 9.86. The first-order chi connectivity index (χ1) is 8.13. The molecule has 0 fully saturated rings. The fraction of sp³-hybridized carbons (Fsp3) is 0.357. The standard InChI is InChI=1S/C14H17NO2/c1-15(2)9-11-8-7-10-5-4-6-12(17-3)13(10)14(11)16/h4-6,9H,7-8H2,1-3H3/b11-9-. The zero-order chi connectivity index (χ0) is 12.4. The first-order valence-corrected chi connectivity index (χ1v) is 5.71. The average molecular weight is 231 g/mol. The molecule has 0 radical (unpaired) electrons. The molecule has 0 amide bonds. The number of hydrogen-bond donors (Lipinski definition) is 0. The SMILES string of the molecule is COc1cccc2c1C(=O)/C(=C\N(C)C)CC2. The molecule has 1 aliphatic carbocycles. The number of hydrogen-bond acceptors (Lipinski definition) is 3. The highest BCUT2D eigenvalue weighted by Crippen LogP contribution is 2.31. The van der Waals surface area contributed by atoms with Crippen molar-refractivity contribution < 1.29 is 9.53 Å². The van der Waals surface area contributed by atoms with E-state index in [0.717, 1.165) is 29.5 Å². The quantitative estimate of drug-likeness (QED) is 0.731. The van der Waals surface area contributed by atoms with Crippen LogP contribution in [0.25, 0.3) is 0 Å². The summed E-state index contributed by atoms with van der Waals surface area (Å²) >= 11 is 0. The number of rotatable bonds is 2. The first kappa shape index (κ1) is 11.7. The zero-order valence-electron chi connectivity index (χ0n) is 10.5. The Kier molecular flexibility index (Phi) is 3.18. The second-order valence-corrected chi connectivity index (χ2v) is 4.44. The van der Waals surface area contributed by atoms with Crippen molar-refractivity contribution in [3.63, 3.8) is 0 Å². The van der Waals surface area contributed by atoms with E-state index in [1.807, 2.05) is 43.4 Å². The highest BCUT2D eigenvalue weighted by Gasteiger charge is 2.25. The van der Waals surface area contributed by atoms with E-state index < -0.39 is 0 Å². The van der Waals surface area contributed by atoms with Crippen LogP contribution in [0.1, 0.15) is 22.3 Å². The Morgan fingerprint density at radius 3 is 2.71 bits per heavy atom. The van der Waals surface area contributed by atoms with Crippen LogP contribution in [-0.4, -0.2) is 31.9 Å². The summed E-state index contributed by atoms with van der Waals surface area (Å²) in [7, 11) is 5.46. The Balaban J connectivity index is 2.47. The number of benzene rings is 1. The molecular formula is C14H17NO2. The van der Waals surface area contributed by atoms with Crippen LogP contribution in [0.3, 0.4) is 0 Å². The molecule has 0 atom stereocenters. The molecule has 17 heavy (non-hydrogen) atoms. The van der Waals surface area contributed by atoms with E-state index >= 15 is 0 Å². The summed E-state index contributed by atoms with van der Waals surface area (Å²) in [5.74, 6) is 0.772. The molecule has 1 aliphatic rings. The van der Waals surface area contributed by atoms with Gasteiger partial charge in [0.2, 0.25) is 0 Å². The number of allylic oxidation sites excluding steroid dienone is 1. The van der Waals surface area contributed by atoms with Crippen molar-refractivity contribution in [2.75, 3.05) is 21.2 Å². The number of carbonyl (C=O) groups is 1. The molecule has 2 rings (SSSR count). The van der Waals surface area contributed by atoms with Crippen LogP contribution in [0, 0.1) is 0 Å².